The lowest BCUT2D eigenvalue weighted by Crippen LogP contribution is -2.37. The quantitative estimate of drug-likeness (QED) is 0.853. The van der Waals surface area contributed by atoms with Crippen LogP contribution in [0.4, 0.5) is 10.1 Å². The molecule has 0 bridgehead atoms. The fourth-order valence-electron chi connectivity index (χ4n) is 2.98. The largest absolute Gasteiger partial charge is 0.399 e. The SMILES string of the molecule is Nc1cccc(C(=O)N2CCCN(C(=O)c3ccccc3F)CC2)c1. The molecule has 0 radical (unpaired) electrons. The number of nitrogens with zero attached hydrogens (tertiary/aromatic N) is 2. The van der Waals surface area contributed by atoms with E-state index in [-0.39, 0.29) is 17.4 Å². The fraction of sp³-hybridized carbons (Fsp3) is 0.263. The molecule has 0 unspecified atom stereocenters. The summed E-state index contributed by atoms with van der Waals surface area (Å²) in [5, 5.41) is 0. The number of benzene rings is 2. The van der Waals surface area contributed by atoms with E-state index in [9.17, 15) is 14.0 Å². The van der Waals surface area contributed by atoms with Crippen molar-refractivity contribution in [3.63, 3.8) is 0 Å². The van der Waals surface area contributed by atoms with Gasteiger partial charge in [-0.25, -0.2) is 4.39 Å². The maximum absolute atomic E-state index is 13.8. The molecule has 5 nitrogen and oxygen atoms in total. The Kier molecular flexibility index (Phi) is 4.97. The van der Waals surface area contributed by atoms with Crippen molar-refractivity contribution in [3.05, 3.63) is 65.5 Å². The number of hydrogen-bond acceptors (Lipinski definition) is 3. The van der Waals surface area contributed by atoms with E-state index >= 15 is 0 Å². The molecule has 1 fully saturated rings. The summed E-state index contributed by atoms with van der Waals surface area (Å²) in [6.07, 6.45) is 0.647. The second-order valence-electron chi connectivity index (χ2n) is 6.04. The van der Waals surface area contributed by atoms with Crippen molar-refractivity contribution in [3.8, 4) is 0 Å². The van der Waals surface area contributed by atoms with Gasteiger partial charge in [0.1, 0.15) is 5.82 Å². The standard InChI is InChI=1S/C19H20FN3O2/c20-17-8-2-1-7-16(17)19(25)23-10-4-9-22(11-12-23)18(24)14-5-3-6-15(21)13-14/h1-3,5-8,13H,4,9-12,21H2. The Morgan fingerprint density at radius 3 is 2.24 bits per heavy atom. The number of hydrogen-bond donors (Lipinski definition) is 1. The molecule has 0 aliphatic carbocycles. The molecule has 2 amide bonds. The van der Waals surface area contributed by atoms with E-state index in [1.54, 1.807) is 46.2 Å². The van der Waals surface area contributed by atoms with E-state index in [2.05, 4.69) is 0 Å². The molecule has 0 saturated carbocycles. The van der Waals surface area contributed by atoms with E-state index in [0.29, 0.717) is 43.9 Å². The summed E-state index contributed by atoms with van der Waals surface area (Å²) in [7, 11) is 0. The third-order valence-electron chi connectivity index (χ3n) is 4.31. The van der Waals surface area contributed by atoms with Gasteiger partial charge in [0.05, 0.1) is 5.56 Å². The van der Waals surface area contributed by atoms with E-state index in [1.165, 1.54) is 12.1 Å². The molecule has 1 aliphatic rings. The van der Waals surface area contributed by atoms with Crippen molar-refractivity contribution >= 4 is 17.5 Å². The summed E-state index contributed by atoms with van der Waals surface area (Å²) >= 11 is 0. The molecule has 1 saturated heterocycles. The van der Waals surface area contributed by atoms with Crippen LogP contribution >= 0.6 is 0 Å². The average molecular weight is 341 g/mol. The second-order valence-corrected chi connectivity index (χ2v) is 6.04. The predicted octanol–water partition coefficient (Wildman–Crippen LogP) is 2.40. The van der Waals surface area contributed by atoms with Crippen LogP contribution in [0.1, 0.15) is 27.1 Å². The number of nitrogens with two attached hydrogens (primary N) is 1. The monoisotopic (exact) mass is 341 g/mol. The molecule has 0 spiro atoms. The Morgan fingerprint density at radius 2 is 1.56 bits per heavy atom. The van der Waals surface area contributed by atoms with Crippen LogP contribution in [-0.2, 0) is 0 Å². The molecule has 3 rings (SSSR count). The highest BCUT2D eigenvalue weighted by Gasteiger charge is 2.24. The van der Waals surface area contributed by atoms with Crippen LogP contribution in [0.15, 0.2) is 48.5 Å². The summed E-state index contributed by atoms with van der Waals surface area (Å²) in [5.41, 5.74) is 6.88. The number of halogens is 1. The normalized spacial score (nSPS) is 14.9. The first-order chi connectivity index (χ1) is 12.1. The number of carbonyl (C=O) groups is 2. The molecule has 1 heterocycles. The Morgan fingerprint density at radius 1 is 0.880 bits per heavy atom. The van der Waals surface area contributed by atoms with Crippen molar-refractivity contribution in [1.82, 2.24) is 9.80 Å². The van der Waals surface area contributed by atoms with Gasteiger partial charge in [-0.15, -0.1) is 0 Å². The van der Waals surface area contributed by atoms with Gasteiger partial charge in [-0.2, -0.15) is 0 Å². The van der Waals surface area contributed by atoms with Crippen molar-refractivity contribution < 1.29 is 14.0 Å². The van der Waals surface area contributed by atoms with Gasteiger partial charge >= 0.3 is 0 Å². The topological polar surface area (TPSA) is 66.6 Å². The summed E-state index contributed by atoms with van der Waals surface area (Å²) in [4.78, 5) is 28.5. The number of rotatable bonds is 2. The predicted molar refractivity (Wildman–Crippen MR) is 93.7 cm³/mol. The molecule has 2 aromatic carbocycles. The van der Waals surface area contributed by atoms with Gasteiger partial charge in [0.25, 0.3) is 11.8 Å². The number of carbonyl (C=O) groups excluding carboxylic acids is 2. The maximum atomic E-state index is 13.8. The average Bonchev–Trinajstić information content (AvgIpc) is 2.87. The van der Waals surface area contributed by atoms with E-state index < -0.39 is 5.82 Å². The minimum atomic E-state index is -0.524. The second kappa shape index (κ2) is 7.34. The Hall–Kier alpha value is -2.89. The zero-order valence-corrected chi connectivity index (χ0v) is 13.8. The molecule has 0 aromatic heterocycles. The van der Waals surface area contributed by atoms with Gasteiger partial charge in [-0.3, -0.25) is 9.59 Å². The molecule has 130 valence electrons. The molecule has 2 N–H and O–H groups in total. The summed E-state index contributed by atoms with van der Waals surface area (Å²) in [6.45, 7) is 1.83. The van der Waals surface area contributed by atoms with Crippen LogP contribution in [0.5, 0.6) is 0 Å². The molecular weight excluding hydrogens is 321 g/mol. The number of amides is 2. The number of anilines is 1. The van der Waals surface area contributed by atoms with Gasteiger partial charge < -0.3 is 15.5 Å². The van der Waals surface area contributed by atoms with Gasteiger partial charge in [0, 0.05) is 37.4 Å². The van der Waals surface area contributed by atoms with Crippen molar-refractivity contribution in [2.75, 3.05) is 31.9 Å². The first-order valence-electron chi connectivity index (χ1n) is 8.25. The lowest BCUT2D eigenvalue weighted by atomic mass is 10.1. The number of nitrogen functional groups attached to an aromatic ring is 1. The molecule has 25 heavy (non-hydrogen) atoms. The molecule has 2 aromatic rings. The summed E-state index contributed by atoms with van der Waals surface area (Å²) in [5.74, 6) is -0.965. The van der Waals surface area contributed by atoms with Crippen LogP contribution in [0.25, 0.3) is 0 Å². The fourth-order valence-corrected chi connectivity index (χ4v) is 2.98. The molecular formula is C19H20FN3O2. The maximum Gasteiger partial charge on any atom is 0.256 e. The van der Waals surface area contributed by atoms with Crippen LogP contribution in [-0.4, -0.2) is 47.8 Å². The van der Waals surface area contributed by atoms with E-state index in [0.717, 1.165) is 0 Å². The van der Waals surface area contributed by atoms with Gasteiger partial charge in [0.2, 0.25) is 0 Å². The van der Waals surface area contributed by atoms with Crippen LogP contribution in [0.3, 0.4) is 0 Å². The smallest absolute Gasteiger partial charge is 0.256 e. The Balaban J connectivity index is 1.69. The lowest BCUT2D eigenvalue weighted by Gasteiger charge is -2.22. The van der Waals surface area contributed by atoms with E-state index in [4.69, 9.17) is 5.73 Å². The highest BCUT2D eigenvalue weighted by atomic mass is 19.1. The van der Waals surface area contributed by atoms with Gasteiger partial charge in [-0.05, 0) is 36.8 Å². The van der Waals surface area contributed by atoms with Crippen molar-refractivity contribution in [2.45, 2.75) is 6.42 Å². The van der Waals surface area contributed by atoms with Crippen LogP contribution < -0.4 is 5.73 Å². The van der Waals surface area contributed by atoms with Gasteiger partial charge in [-0.1, -0.05) is 18.2 Å². The molecule has 1 aliphatic heterocycles. The summed E-state index contributed by atoms with van der Waals surface area (Å²) in [6, 6.07) is 12.8. The van der Waals surface area contributed by atoms with E-state index in [1.807, 2.05) is 0 Å². The minimum Gasteiger partial charge on any atom is -0.399 e. The first-order valence-corrected chi connectivity index (χ1v) is 8.25. The zero-order valence-electron chi connectivity index (χ0n) is 13.8. The Bertz CT molecular complexity index is 794. The summed E-state index contributed by atoms with van der Waals surface area (Å²) < 4.78 is 13.8. The third kappa shape index (κ3) is 3.79. The Labute approximate surface area is 145 Å². The van der Waals surface area contributed by atoms with Crippen molar-refractivity contribution in [1.29, 1.82) is 0 Å². The highest BCUT2D eigenvalue weighted by Crippen LogP contribution is 2.15. The zero-order chi connectivity index (χ0) is 17.8. The third-order valence-corrected chi connectivity index (χ3v) is 4.31. The van der Waals surface area contributed by atoms with Crippen LogP contribution in [0.2, 0.25) is 0 Å². The van der Waals surface area contributed by atoms with Crippen LogP contribution in [0, 0.1) is 5.82 Å². The van der Waals surface area contributed by atoms with Crippen molar-refractivity contribution in [2.24, 2.45) is 0 Å². The first kappa shape index (κ1) is 17.0. The lowest BCUT2D eigenvalue weighted by molar-refractivity contribution is 0.0716. The highest BCUT2D eigenvalue weighted by molar-refractivity contribution is 5.96. The molecule has 6 heteroatoms. The van der Waals surface area contributed by atoms with Gasteiger partial charge in [0.15, 0.2) is 0 Å². The minimum absolute atomic E-state index is 0.0677. The molecule has 0 atom stereocenters.